The van der Waals surface area contributed by atoms with Crippen molar-refractivity contribution < 1.29 is 4.74 Å². The van der Waals surface area contributed by atoms with Crippen molar-refractivity contribution in [1.82, 2.24) is 0 Å². The van der Waals surface area contributed by atoms with Gasteiger partial charge in [-0.3, -0.25) is 0 Å². The lowest BCUT2D eigenvalue weighted by atomic mass is 10.1. The largest absolute Gasteiger partial charge is 0.368 e. The highest BCUT2D eigenvalue weighted by Gasteiger charge is 2.16. The van der Waals surface area contributed by atoms with Crippen LogP contribution in [0.25, 0.3) is 0 Å². The van der Waals surface area contributed by atoms with Crippen LogP contribution in [0.1, 0.15) is 41.5 Å². The van der Waals surface area contributed by atoms with E-state index in [0.29, 0.717) is 5.92 Å². The molecule has 13 heavy (non-hydrogen) atoms. The van der Waals surface area contributed by atoms with Crippen LogP contribution in [-0.2, 0) is 4.74 Å². The van der Waals surface area contributed by atoms with Crippen LogP contribution >= 0.6 is 0 Å². The zero-order chi connectivity index (χ0) is 10.6. The van der Waals surface area contributed by atoms with Crippen LogP contribution in [0.15, 0.2) is 11.6 Å². The van der Waals surface area contributed by atoms with E-state index in [1.54, 1.807) is 0 Å². The maximum atomic E-state index is 5.72. The van der Waals surface area contributed by atoms with Crippen molar-refractivity contribution in [1.29, 1.82) is 0 Å². The number of rotatable bonds is 4. The Morgan fingerprint density at radius 2 is 1.77 bits per heavy atom. The van der Waals surface area contributed by atoms with Gasteiger partial charge < -0.3 is 4.74 Å². The van der Waals surface area contributed by atoms with Gasteiger partial charge in [0.15, 0.2) is 0 Å². The fourth-order valence-corrected chi connectivity index (χ4v) is 1.23. The molecule has 1 atom stereocenters. The van der Waals surface area contributed by atoms with Crippen LogP contribution in [0, 0.1) is 12.8 Å². The van der Waals surface area contributed by atoms with Crippen molar-refractivity contribution in [2.75, 3.05) is 0 Å². The Labute approximate surface area is 83.2 Å². The van der Waals surface area contributed by atoms with Gasteiger partial charge in [-0.05, 0) is 46.1 Å². The van der Waals surface area contributed by atoms with Crippen LogP contribution in [0.5, 0.6) is 0 Å². The molecule has 0 fully saturated rings. The summed E-state index contributed by atoms with van der Waals surface area (Å²) in [5.41, 5.74) is 0.984. The van der Waals surface area contributed by atoms with Crippen molar-refractivity contribution in [3.8, 4) is 0 Å². The molecule has 0 saturated carbocycles. The molecule has 1 radical (unpaired) electrons. The lowest BCUT2D eigenvalue weighted by Crippen LogP contribution is -2.26. The Hall–Kier alpha value is -0.300. The van der Waals surface area contributed by atoms with E-state index >= 15 is 0 Å². The predicted octanol–water partition coefficient (Wildman–Crippen LogP) is 3.61. The molecule has 1 heteroatoms. The van der Waals surface area contributed by atoms with Crippen LogP contribution in [0.2, 0.25) is 0 Å². The van der Waals surface area contributed by atoms with Crippen molar-refractivity contribution in [3.63, 3.8) is 0 Å². The van der Waals surface area contributed by atoms with Gasteiger partial charge in [0.05, 0.1) is 11.7 Å². The lowest BCUT2D eigenvalue weighted by molar-refractivity contribution is -0.0166. The summed E-state index contributed by atoms with van der Waals surface area (Å²) in [6.45, 7) is 16.4. The third-order valence-corrected chi connectivity index (χ3v) is 1.73. The van der Waals surface area contributed by atoms with Crippen LogP contribution in [0.4, 0.5) is 0 Å². The normalized spacial score (nSPS) is 16.5. The summed E-state index contributed by atoms with van der Waals surface area (Å²) in [5.74, 6) is 0.582. The van der Waals surface area contributed by atoms with Gasteiger partial charge in [-0.15, -0.1) is 0 Å². The molecule has 77 valence electrons. The van der Waals surface area contributed by atoms with Crippen molar-refractivity contribution in [2.45, 2.75) is 53.2 Å². The first-order valence-electron chi connectivity index (χ1n) is 4.94. The average molecular weight is 183 g/mol. The maximum Gasteiger partial charge on any atom is 0.0761 e. The fraction of sp³-hybridized carbons (Fsp3) is 0.750. The molecule has 0 aromatic carbocycles. The van der Waals surface area contributed by atoms with Gasteiger partial charge in [0.2, 0.25) is 0 Å². The van der Waals surface area contributed by atoms with Crippen LogP contribution in [0.3, 0.4) is 0 Å². The van der Waals surface area contributed by atoms with Gasteiger partial charge in [0, 0.05) is 0 Å². The summed E-state index contributed by atoms with van der Waals surface area (Å²) in [6, 6.07) is 0. The lowest BCUT2D eigenvalue weighted by Gasteiger charge is -2.25. The summed E-state index contributed by atoms with van der Waals surface area (Å²) in [6.07, 6.45) is 2.39. The first-order valence-corrected chi connectivity index (χ1v) is 4.94. The van der Waals surface area contributed by atoms with Crippen molar-refractivity contribution in [2.24, 2.45) is 5.92 Å². The summed E-state index contributed by atoms with van der Waals surface area (Å²) in [4.78, 5) is 0. The molecule has 1 nitrogen and oxygen atoms in total. The van der Waals surface area contributed by atoms with Crippen molar-refractivity contribution >= 4 is 0 Å². The zero-order valence-electron chi connectivity index (χ0n) is 9.85. The molecule has 0 heterocycles. The van der Waals surface area contributed by atoms with E-state index in [9.17, 15) is 0 Å². The molecule has 0 spiro atoms. The van der Waals surface area contributed by atoms with E-state index in [1.165, 1.54) is 5.57 Å². The first kappa shape index (κ1) is 12.7. The number of ether oxygens (including phenoxy) is 1. The quantitative estimate of drug-likeness (QED) is 0.605. The second-order valence-corrected chi connectivity index (χ2v) is 4.67. The molecule has 0 aromatic heterocycles. The minimum Gasteiger partial charge on any atom is -0.368 e. The molecule has 0 aromatic rings. The molecule has 0 aliphatic carbocycles. The summed E-state index contributed by atoms with van der Waals surface area (Å²) >= 11 is 0. The Balaban J connectivity index is 4.19. The smallest absolute Gasteiger partial charge is 0.0761 e. The molecule has 0 rings (SSSR count). The monoisotopic (exact) mass is 183 g/mol. The predicted molar refractivity (Wildman–Crippen MR) is 58.6 cm³/mol. The topological polar surface area (TPSA) is 9.23 Å². The minimum atomic E-state index is -0.300. The average Bonchev–Trinajstić information content (AvgIpc) is 1.81. The summed E-state index contributed by atoms with van der Waals surface area (Å²) in [7, 11) is 0. The van der Waals surface area contributed by atoms with E-state index in [2.05, 4.69) is 40.7 Å². The molecular weight excluding hydrogens is 160 g/mol. The number of hydrogen-bond donors (Lipinski definition) is 0. The first-order chi connectivity index (χ1) is 5.72. The molecule has 0 amide bonds. The van der Waals surface area contributed by atoms with Gasteiger partial charge in [0.1, 0.15) is 0 Å². The third kappa shape index (κ3) is 6.83. The van der Waals surface area contributed by atoms with E-state index in [-0.39, 0.29) is 11.7 Å². The van der Waals surface area contributed by atoms with E-state index in [1.807, 2.05) is 13.8 Å². The molecule has 1 unspecified atom stereocenters. The highest BCUT2D eigenvalue weighted by Crippen LogP contribution is 2.16. The van der Waals surface area contributed by atoms with Gasteiger partial charge in [-0.1, -0.05) is 19.9 Å². The van der Waals surface area contributed by atoms with Crippen LogP contribution in [-0.4, -0.2) is 11.7 Å². The second kappa shape index (κ2) is 4.80. The standard InChI is InChI=1S/C12H23O/c1-9(2)8-10(3)11(4)13-12(5,6)7/h8-9,11H,5H2,1-4,6-7H3/b10-8+. The van der Waals surface area contributed by atoms with Crippen LogP contribution < -0.4 is 0 Å². The highest BCUT2D eigenvalue weighted by atomic mass is 16.5. The molecule has 0 saturated heterocycles. The molecule has 0 aliphatic heterocycles. The minimum absolute atomic E-state index is 0.162. The summed E-state index contributed by atoms with van der Waals surface area (Å²) in [5, 5.41) is 0. The Bertz CT molecular complexity index is 172. The molecule has 0 bridgehead atoms. The van der Waals surface area contributed by atoms with E-state index in [4.69, 9.17) is 4.74 Å². The Kier molecular flexibility index (Phi) is 4.69. The van der Waals surface area contributed by atoms with E-state index in [0.717, 1.165) is 0 Å². The van der Waals surface area contributed by atoms with Gasteiger partial charge >= 0.3 is 0 Å². The van der Waals surface area contributed by atoms with E-state index < -0.39 is 0 Å². The Morgan fingerprint density at radius 3 is 2.08 bits per heavy atom. The van der Waals surface area contributed by atoms with Gasteiger partial charge in [-0.2, -0.15) is 0 Å². The molecular formula is C12H23O. The van der Waals surface area contributed by atoms with Gasteiger partial charge in [0.25, 0.3) is 0 Å². The number of hydrogen-bond acceptors (Lipinski definition) is 1. The third-order valence-electron chi connectivity index (χ3n) is 1.73. The zero-order valence-corrected chi connectivity index (χ0v) is 9.85. The summed E-state index contributed by atoms with van der Waals surface area (Å²) < 4.78 is 5.72. The van der Waals surface area contributed by atoms with Gasteiger partial charge in [-0.25, -0.2) is 0 Å². The van der Waals surface area contributed by atoms with Crippen molar-refractivity contribution in [3.05, 3.63) is 18.6 Å². The SMILES string of the molecule is [CH2]C(C)(C)OC(C)/C(C)=C/C(C)C. The highest BCUT2D eigenvalue weighted by molar-refractivity contribution is 5.05. The maximum absolute atomic E-state index is 5.72. The second-order valence-electron chi connectivity index (χ2n) is 4.67. The molecule has 0 N–H and O–H groups in total. The molecule has 0 aliphatic rings. The Morgan fingerprint density at radius 1 is 1.31 bits per heavy atom. The number of allylic oxidation sites excluding steroid dienone is 1. The fourth-order valence-electron chi connectivity index (χ4n) is 1.23.